The number of halogens is 1. The van der Waals surface area contributed by atoms with Crippen molar-refractivity contribution in [1.82, 2.24) is 14.9 Å². The van der Waals surface area contributed by atoms with Crippen molar-refractivity contribution in [3.63, 3.8) is 0 Å². The molecule has 0 spiro atoms. The molecule has 0 bridgehead atoms. The van der Waals surface area contributed by atoms with Crippen LogP contribution in [0.3, 0.4) is 0 Å². The van der Waals surface area contributed by atoms with E-state index in [1.807, 2.05) is 0 Å². The van der Waals surface area contributed by atoms with Crippen molar-refractivity contribution in [1.29, 1.82) is 0 Å². The molecule has 2 aromatic rings. The predicted molar refractivity (Wildman–Crippen MR) is 82.4 cm³/mol. The van der Waals surface area contributed by atoms with Gasteiger partial charge in [0.2, 0.25) is 10.0 Å². The normalized spacial score (nSPS) is 18.0. The molecule has 1 aromatic carbocycles. The van der Waals surface area contributed by atoms with Crippen LogP contribution in [-0.2, 0) is 22.9 Å². The molecule has 1 heterocycles. The lowest BCUT2D eigenvalue weighted by Crippen LogP contribution is -2.39. The van der Waals surface area contributed by atoms with Crippen molar-refractivity contribution in [3.8, 4) is 0 Å². The van der Waals surface area contributed by atoms with Gasteiger partial charge in [-0.25, -0.2) is 18.2 Å². The molecule has 0 saturated carbocycles. The summed E-state index contributed by atoms with van der Waals surface area (Å²) < 4.78 is 27.4. The van der Waals surface area contributed by atoms with E-state index in [0.29, 0.717) is 24.3 Å². The monoisotopic (exact) mass is 339 g/mol. The molecule has 0 fully saturated rings. The lowest BCUT2D eigenvalue weighted by molar-refractivity contribution is 0.499. The van der Waals surface area contributed by atoms with Crippen LogP contribution < -0.4 is 10.3 Å². The molecule has 0 radical (unpaired) electrons. The van der Waals surface area contributed by atoms with Crippen molar-refractivity contribution in [2.24, 2.45) is 0 Å². The lowest BCUT2D eigenvalue weighted by Gasteiger charge is -2.24. The van der Waals surface area contributed by atoms with Gasteiger partial charge >= 0.3 is 0 Å². The van der Waals surface area contributed by atoms with E-state index < -0.39 is 10.0 Å². The van der Waals surface area contributed by atoms with E-state index in [1.165, 1.54) is 30.3 Å². The minimum Gasteiger partial charge on any atom is -0.268 e. The van der Waals surface area contributed by atoms with E-state index in [9.17, 15) is 13.2 Å². The maximum Gasteiger partial charge on any atom is 0.264 e. The average molecular weight is 340 g/mol. The van der Waals surface area contributed by atoms with E-state index in [2.05, 4.69) is 14.9 Å². The van der Waals surface area contributed by atoms with Crippen LogP contribution >= 0.6 is 11.6 Å². The van der Waals surface area contributed by atoms with E-state index in [0.717, 1.165) is 11.3 Å². The number of hydrogen-bond acceptors (Lipinski definition) is 4. The largest absolute Gasteiger partial charge is 0.268 e. The first kappa shape index (κ1) is 15.2. The Kier molecular flexibility index (Phi) is 4.03. The summed E-state index contributed by atoms with van der Waals surface area (Å²) in [6.07, 6.45) is 1.72. The molecule has 116 valence electrons. The summed E-state index contributed by atoms with van der Waals surface area (Å²) in [4.78, 5) is 11.5. The molecule has 1 aliphatic rings. The highest BCUT2D eigenvalue weighted by Gasteiger charge is 2.25. The molecular weight excluding hydrogens is 326 g/mol. The Labute approximate surface area is 132 Å². The fraction of sp³-hybridized carbons (Fsp3) is 0.286. The maximum absolute atomic E-state index is 12.4. The zero-order valence-corrected chi connectivity index (χ0v) is 13.1. The first-order valence-corrected chi connectivity index (χ1v) is 8.65. The van der Waals surface area contributed by atoms with Gasteiger partial charge in [0, 0.05) is 17.1 Å². The maximum atomic E-state index is 12.4. The second kappa shape index (κ2) is 5.83. The minimum absolute atomic E-state index is 0.173. The predicted octanol–water partition coefficient (Wildman–Crippen LogP) is 1.26. The van der Waals surface area contributed by atoms with Crippen molar-refractivity contribution in [3.05, 3.63) is 57.0 Å². The fourth-order valence-corrected chi connectivity index (χ4v) is 3.94. The van der Waals surface area contributed by atoms with Crippen LogP contribution in [-0.4, -0.2) is 24.7 Å². The summed E-state index contributed by atoms with van der Waals surface area (Å²) in [7, 11) is -3.60. The number of sulfonamides is 1. The summed E-state index contributed by atoms with van der Waals surface area (Å²) >= 11 is 5.77. The van der Waals surface area contributed by atoms with Crippen LogP contribution in [0.1, 0.15) is 17.7 Å². The second-order valence-electron chi connectivity index (χ2n) is 5.22. The first-order valence-electron chi connectivity index (χ1n) is 6.79. The van der Waals surface area contributed by atoms with E-state index in [4.69, 9.17) is 11.6 Å². The molecule has 1 aliphatic carbocycles. The standard InChI is InChI=1S/C14H14ClN3O3S/c15-10-1-4-12(5-2-10)22(20,21)18-11-3-6-13-9(7-11)8-14(19)17-16-13/h1-2,4-5,8,11,18H,3,6-7H2,(H,17,19). The highest BCUT2D eigenvalue weighted by molar-refractivity contribution is 7.89. The minimum atomic E-state index is -3.60. The van der Waals surface area contributed by atoms with Gasteiger partial charge in [0.1, 0.15) is 0 Å². The quantitative estimate of drug-likeness (QED) is 0.880. The van der Waals surface area contributed by atoms with Gasteiger partial charge in [0.25, 0.3) is 5.56 Å². The van der Waals surface area contributed by atoms with Gasteiger partial charge in [-0.2, -0.15) is 5.10 Å². The number of benzene rings is 1. The summed E-state index contributed by atoms with van der Waals surface area (Å²) in [5, 5.41) is 6.87. The van der Waals surface area contributed by atoms with Crippen LogP contribution in [0.2, 0.25) is 5.02 Å². The van der Waals surface area contributed by atoms with Crippen molar-refractivity contribution in [2.75, 3.05) is 0 Å². The third-order valence-electron chi connectivity index (χ3n) is 3.62. The van der Waals surface area contributed by atoms with Crippen molar-refractivity contribution < 1.29 is 8.42 Å². The molecular formula is C14H14ClN3O3S. The molecule has 1 atom stereocenters. The number of nitrogens with zero attached hydrogens (tertiary/aromatic N) is 1. The smallest absolute Gasteiger partial charge is 0.264 e. The number of aryl methyl sites for hydroxylation is 1. The molecule has 1 aromatic heterocycles. The topological polar surface area (TPSA) is 91.9 Å². The van der Waals surface area contributed by atoms with Crippen LogP contribution in [0, 0.1) is 0 Å². The number of aromatic nitrogens is 2. The van der Waals surface area contributed by atoms with Gasteiger partial charge in [-0.15, -0.1) is 0 Å². The first-order chi connectivity index (χ1) is 10.4. The van der Waals surface area contributed by atoms with Crippen LogP contribution in [0.5, 0.6) is 0 Å². The van der Waals surface area contributed by atoms with Gasteiger partial charge in [-0.1, -0.05) is 11.6 Å². The third kappa shape index (κ3) is 3.21. The summed E-state index contributed by atoms with van der Waals surface area (Å²) in [6, 6.07) is 7.23. The Morgan fingerprint density at radius 3 is 2.73 bits per heavy atom. The molecule has 0 amide bonds. The van der Waals surface area contributed by atoms with Gasteiger partial charge < -0.3 is 0 Å². The van der Waals surface area contributed by atoms with Crippen LogP contribution in [0.25, 0.3) is 0 Å². The van der Waals surface area contributed by atoms with E-state index in [1.54, 1.807) is 0 Å². The van der Waals surface area contributed by atoms with Crippen molar-refractivity contribution in [2.45, 2.75) is 30.2 Å². The number of hydrogen-bond donors (Lipinski definition) is 2. The van der Waals surface area contributed by atoms with Gasteiger partial charge in [0.05, 0.1) is 10.6 Å². The zero-order valence-electron chi connectivity index (χ0n) is 11.5. The number of aromatic amines is 1. The molecule has 0 aliphatic heterocycles. The molecule has 22 heavy (non-hydrogen) atoms. The van der Waals surface area contributed by atoms with Gasteiger partial charge in [-0.3, -0.25) is 4.79 Å². The molecule has 3 rings (SSSR count). The van der Waals surface area contributed by atoms with Crippen LogP contribution in [0.4, 0.5) is 0 Å². The van der Waals surface area contributed by atoms with Crippen LogP contribution in [0.15, 0.2) is 40.0 Å². The Morgan fingerprint density at radius 2 is 2.00 bits per heavy atom. The molecule has 1 unspecified atom stereocenters. The Balaban J connectivity index is 1.79. The molecule has 2 N–H and O–H groups in total. The van der Waals surface area contributed by atoms with Gasteiger partial charge in [0.15, 0.2) is 0 Å². The highest BCUT2D eigenvalue weighted by Crippen LogP contribution is 2.20. The third-order valence-corrected chi connectivity index (χ3v) is 5.41. The highest BCUT2D eigenvalue weighted by atomic mass is 35.5. The Bertz CT molecular complexity index is 846. The second-order valence-corrected chi connectivity index (χ2v) is 7.37. The Morgan fingerprint density at radius 1 is 1.27 bits per heavy atom. The number of H-pyrrole nitrogens is 1. The number of fused-ring (bicyclic) bond motifs is 1. The summed E-state index contributed by atoms with van der Waals surface area (Å²) in [5.41, 5.74) is 1.33. The number of nitrogens with one attached hydrogen (secondary N) is 2. The fourth-order valence-electron chi connectivity index (χ4n) is 2.54. The van der Waals surface area contributed by atoms with E-state index >= 15 is 0 Å². The molecule has 0 saturated heterocycles. The number of rotatable bonds is 3. The van der Waals surface area contributed by atoms with Crippen molar-refractivity contribution >= 4 is 21.6 Å². The summed E-state index contributed by atoms with van der Waals surface area (Å²) in [5.74, 6) is 0. The SMILES string of the molecule is O=c1cc2c(n[nH]1)CCC(NS(=O)(=O)c1ccc(Cl)cc1)C2. The zero-order chi connectivity index (χ0) is 15.7. The molecule has 8 heteroatoms. The average Bonchev–Trinajstić information content (AvgIpc) is 2.47. The molecule has 6 nitrogen and oxygen atoms in total. The lowest BCUT2D eigenvalue weighted by atomic mass is 9.93. The Hall–Kier alpha value is -1.70. The van der Waals surface area contributed by atoms with Gasteiger partial charge in [-0.05, 0) is 49.1 Å². The van der Waals surface area contributed by atoms with E-state index in [-0.39, 0.29) is 16.5 Å². The summed E-state index contributed by atoms with van der Waals surface area (Å²) in [6.45, 7) is 0.